The molecule has 0 amide bonds. The summed E-state index contributed by atoms with van der Waals surface area (Å²) in [6.07, 6.45) is 1.10. The second-order valence-corrected chi connectivity index (χ2v) is 7.65. The van der Waals surface area contributed by atoms with Crippen molar-refractivity contribution < 1.29 is 4.74 Å². The fourth-order valence-electron chi connectivity index (χ4n) is 1.07. The van der Waals surface area contributed by atoms with Gasteiger partial charge in [0.05, 0.1) is 0 Å². The van der Waals surface area contributed by atoms with Crippen molar-refractivity contribution in [1.82, 2.24) is 0 Å². The van der Waals surface area contributed by atoms with E-state index in [9.17, 15) is 0 Å². The van der Waals surface area contributed by atoms with E-state index in [1.165, 1.54) is 0 Å². The Morgan fingerprint density at radius 3 is 1.77 bits per heavy atom. The molecule has 0 aliphatic carbocycles. The summed E-state index contributed by atoms with van der Waals surface area (Å²) in [6, 6.07) is 0. The van der Waals surface area contributed by atoms with Gasteiger partial charge >= 0.3 is 0 Å². The summed E-state index contributed by atoms with van der Waals surface area (Å²) < 4.78 is 5.75. The Balaban J connectivity index is 4.05. The average molecular weight is 204 g/mol. The molecule has 0 spiro atoms. The maximum Gasteiger partial charge on any atom is 0.103 e. The van der Waals surface area contributed by atoms with Gasteiger partial charge in [0.2, 0.25) is 0 Å². The van der Waals surface area contributed by atoms with E-state index in [1.807, 2.05) is 11.8 Å². The van der Waals surface area contributed by atoms with Gasteiger partial charge in [-0.1, -0.05) is 41.5 Å². The molecular weight excluding hydrogens is 180 g/mol. The van der Waals surface area contributed by atoms with Gasteiger partial charge in [-0.05, 0) is 11.8 Å². The number of methoxy groups -OCH3 is 1. The van der Waals surface area contributed by atoms with E-state index in [0.717, 1.165) is 6.42 Å². The third kappa shape index (κ3) is 8.63. The summed E-state index contributed by atoms with van der Waals surface area (Å²) in [7, 11) is 1.80. The number of hydrogen-bond donors (Lipinski definition) is 0. The normalized spacial score (nSPS) is 15.9. The van der Waals surface area contributed by atoms with Crippen molar-refractivity contribution in [3.63, 3.8) is 0 Å². The summed E-state index contributed by atoms with van der Waals surface area (Å²) in [5.74, 6) is 0. The lowest BCUT2D eigenvalue weighted by Gasteiger charge is -2.29. The van der Waals surface area contributed by atoms with Gasteiger partial charge in [-0.15, -0.1) is 11.8 Å². The van der Waals surface area contributed by atoms with Crippen molar-refractivity contribution in [3.05, 3.63) is 0 Å². The smallest absolute Gasteiger partial charge is 0.103 e. The van der Waals surface area contributed by atoms with E-state index in [-0.39, 0.29) is 4.75 Å². The SMILES string of the molecule is COC(CC(C)(C)C)SC(C)(C)C. The fraction of sp³-hybridized carbons (Fsp3) is 1.00. The molecule has 0 aromatic heterocycles. The zero-order chi connectivity index (χ0) is 10.7. The van der Waals surface area contributed by atoms with Crippen molar-refractivity contribution in [3.8, 4) is 0 Å². The highest BCUT2D eigenvalue weighted by Gasteiger charge is 2.23. The standard InChI is InChI=1S/C11H24OS/c1-10(2,3)8-9(12-7)13-11(4,5)6/h9H,8H2,1-7H3. The fourth-order valence-corrected chi connectivity index (χ4v) is 2.54. The van der Waals surface area contributed by atoms with Crippen LogP contribution >= 0.6 is 11.8 Å². The van der Waals surface area contributed by atoms with E-state index >= 15 is 0 Å². The van der Waals surface area contributed by atoms with Crippen LogP contribution in [-0.2, 0) is 4.74 Å². The van der Waals surface area contributed by atoms with Gasteiger partial charge in [0.15, 0.2) is 0 Å². The van der Waals surface area contributed by atoms with Crippen LogP contribution in [0.5, 0.6) is 0 Å². The quantitative estimate of drug-likeness (QED) is 0.644. The number of thioether (sulfide) groups is 1. The third-order valence-corrected chi connectivity index (χ3v) is 2.86. The lowest BCUT2D eigenvalue weighted by molar-refractivity contribution is 0.131. The molecule has 0 bridgehead atoms. The largest absolute Gasteiger partial charge is 0.371 e. The lowest BCUT2D eigenvalue weighted by Crippen LogP contribution is -2.22. The maximum absolute atomic E-state index is 5.47. The van der Waals surface area contributed by atoms with Gasteiger partial charge in [0.25, 0.3) is 0 Å². The Kier molecular flexibility index (Phi) is 4.81. The molecule has 0 aliphatic heterocycles. The molecule has 0 rings (SSSR count). The van der Waals surface area contributed by atoms with Gasteiger partial charge in [-0.2, -0.15) is 0 Å². The summed E-state index contributed by atoms with van der Waals surface area (Å²) in [5, 5.41) is 0. The van der Waals surface area contributed by atoms with Crippen LogP contribution in [0.3, 0.4) is 0 Å². The van der Waals surface area contributed by atoms with Crippen molar-refractivity contribution in [1.29, 1.82) is 0 Å². The topological polar surface area (TPSA) is 9.23 Å². The van der Waals surface area contributed by atoms with Gasteiger partial charge in [0.1, 0.15) is 5.44 Å². The molecule has 0 N–H and O–H groups in total. The summed E-state index contributed by atoms with van der Waals surface area (Å²) >= 11 is 1.91. The first-order valence-corrected chi connectivity index (χ1v) is 5.73. The van der Waals surface area contributed by atoms with E-state index in [1.54, 1.807) is 7.11 Å². The average Bonchev–Trinajstić information content (AvgIpc) is 1.79. The Hall–Kier alpha value is 0.310. The zero-order valence-corrected chi connectivity index (χ0v) is 10.9. The van der Waals surface area contributed by atoms with E-state index in [0.29, 0.717) is 10.9 Å². The number of hydrogen-bond acceptors (Lipinski definition) is 2. The Labute approximate surface area is 87.6 Å². The Morgan fingerprint density at radius 2 is 1.54 bits per heavy atom. The summed E-state index contributed by atoms with van der Waals surface area (Å²) in [6.45, 7) is 13.4. The molecule has 0 aromatic rings. The molecule has 0 radical (unpaired) electrons. The molecular formula is C11H24OS. The van der Waals surface area contributed by atoms with Crippen molar-refractivity contribution in [2.75, 3.05) is 7.11 Å². The first-order chi connectivity index (χ1) is 5.64. The number of ether oxygens (including phenoxy) is 1. The second kappa shape index (κ2) is 4.70. The second-order valence-electron chi connectivity index (χ2n) is 5.66. The van der Waals surface area contributed by atoms with Gasteiger partial charge in [0, 0.05) is 11.9 Å². The molecule has 13 heavy (non-hydrogen) atoms. The molecule has 1 nitrogen and oxygen atoms in total. The van der Waals surface area contributed by atoms with Crippen LogP contribution in [0.2, 0.25) is 0 Å². The minimum Gasteiger partial charge on any atom is -0.371 e. The maximum atomic E-state index is 5.47. The summed E-state index contributed by atoms with van der Waals surface area (Å²) in [4.78, 5) is 0. The number of rotatable bonds is 3. The van der Waals surface area contributed by atoms with Gasteiger partial charge in [-0.25, -0.2) is 0 Å². The van der Waals surface area contributed by atoms with Crippen LogP contribution in [0.1, 0.15) is 48.0 Å². The molecule has 0 aliphatic rings. The van der Waals surface area contributed by atoms with Crippen LogP contribution in [-0.4, -0.2) is 17.3 Å². The van der Waals surface area contributed by atoms with Crippen LogP contribution < -0.4 is 0 Å². The predicted octanol–water partition coefficient (Wildman–Crippen LogP) is 3.93. The van der Waals surface area contributed by atoms with Crippen LogP contribution in [0, 0.1) is 5.41 Å². The van der Waals surface area contributed by atoms with Crippen molar-refractivity contribution in [2.24, 2.45) is 5.41 Å². The monoisotopic (exact) mass is 204 g/mol. The summed E-state index contributed by atoms with van der Waals surface area (Å²) in [5.41, 5.74) is 0.666. The van der Waals surface area contributed by atoms with E-state index in [4.69, 9.17) is 4.74 Å². The minimum absolute atomic E-state index is 0.284. The van der Waals surface area contributed by atoms with Crippen LogP contribution in [0.15, 0.2) is 0 Å². The highest BCUT2D eigenvalue weighted by molar-refractivity contribution is 8.01. The molecule has 0 heterocycles. The van der Waals surface area contributed by atoms with Crippen LogP contribution in [0.25, 0.3) is 0 Å². The predicted molar refractivity (Wildman–Crippen MR) is 62.2 cm³/mol. The molecule has 0 aromatic carbocycles. The van der Waals surface area contributed by atoms with Gasteiger partial charge in [-0.3, -0.25) is 0 Å². The molecule has 1 unspecified atom stereocenters. The third-order valence-electron chi connectivity index (χ3n) is 1.53. The van der Waals surface area contributed by atoms with E-state index in [2.05, 4.69) is 41.5 Å². The van der Waals surface area contributed by atoms with E-state index < -0.39 is 0 Å². The zero-order valence-electron chi connectivity index (χ0n) is 10.1. The molecule has 0 saturated heterocycles. The first-order valence-electron chi connectivity index (χ1n) is 4.85. The lowest BCUT2D eigenvalue weighted by atomic mass is 9.93. The van der Waals surface area contributed by atoms with Crippen molar-refractivity contribution in [2.45, 2.75) is 58.1 Å². The molecule has 0 saturated carbocycles. The highest BCUT2D eigenvalue weighted by Crippen LogP contribution is 2.35. The van der Waals surface area contributed by atoms with Crippen LogP contribution in [0.4, 0.5) is 0 Å². The molecule has 2 heteroatoms. The van der Waals surface area contributed by atoms with Gasteiger partial charge < -0.3 is 4.74 Å². The molecule has 0 fully saturated rings. The van der Waals surface area contributed by atoms with Crippen molar-refractivity contribution >= 4 is 11.8 Å². The molecule has 80 valence electrons. The Morgan fingerprint density at radius 1 is 1.08 bits per heavy atom. The minimum atomic E-state index is 0.284. The molecule has 1 atom stereocenters. The highest BCUT2D eigenvalue weighted by atomic mass is 32.2. The first kappa shape index (κ1) is 13.3. The Bertz CT molecular complexity index is 125.